The molecule has 3 N–H and O–H groups in total. The average Bonchev–Trinajstić information content (AvgIpc) is 3.00. The first kappa shape index (κ1) is 17.1. The van der Waals surface area contributed by atoms with Crippen LogP contribution in [0.4, 0.5) is 11.4 Å². The molecule has 0 aliphatic rings. The van der Waals surface area contributed by atoms with Gasteiger partial charge < -0.3 is 11.1 Å². The number of aromatic nitrogens is 2. The number of para-hydroxylation sites is 2. The number of benzene rings is 3. The Morgan fingerprint density at radius 3 is 2.44 bits per heavy atom. The largest absolute Gasteiger partial charge is 0.397 e. The van der Waals surface area contributed by atoms with Crippen molar-refractivity contribution in [3.05, 3.63) is 89.1 Å². The third kappa shape index (κ3) is 3.50. The van der Waals surface area contributed by atoms with Gasteiger partial charge in [0.1, 0.15) is 5.15 Å². The minimum absolute atomic E-state index is 0.206. The van der Waals surface area contributed by atoms with E-state index in [0.717, 1.165) is 16.5 Å². The van der Waals surface area contributed by atoms with Crippen LogP contribution in [0.5, 0.6) is 0 Å². The monoisotopic (exact) mass is 376 g/mol. The second-order valence-corrected chi connectivity index (χ2v) is 6.56. The number of hydrogen-bond acceptors (Lipinski definition) is 3. The van der Waals surface area contributed by atoms with Gasteiger partial charge >= 0.3 is 0 Å². The molecule has 0 saturated heterocycles. The van der Waals surface area contributed by atoms with E-state index in [4.69, 9.17) is 17.3 Å². The molecule has 0 aliphatic carbocycles. The molecule has 1 heterocycles. The predicted octanol–water partition coefficient (Wildman–Crippen LogP) is 4.57. The number of carbonyl (C=O) groups is 1. The summed E-state index contributed by atoms with van der Waals surface area (Å²) in [6, 6.07) is 22.3. The Hall–Kier alpha value is -3.31. The summed E-state index contributed by atoms with van der Waals surface area (Å²) in [5.74, 6) is -0.206. The van der Waals surface area contributed by atoms with Crippen LogP contribution >= 0.6 is 11.6 Å². The fourth-order valence-corrected chi connectivity index (χ4v) is 3.15. The van der Waals surface area contributed by atoms with Crippen molar-refractivity contribution in [3.8, 4) is 0 Å². The smallest absolute Gasteiger partial charge is 0.255 e. The topological polar surface area (TPSA) is 72.9 Å². The Balaban J connectivity index is 1.51. The van der Waals surface area contributed by atoms with Crippen molar-refractivity contribution in [2.75, 3.05) is 11.1 Å². The molecule has 3 aromatic carbocycles. The highest BCUT2D eigenvalue weighted by molar-refractivity contribution is 6.34. The third-order valence-electron chi connectivity index (χ3n) is 4.34. The van der Waals surface area contributed by atoms with Crippen LogP contribution in [-0.2, 0) is 6.54 Å². The van der Waals surface area contributed by atoms with E-state index < -0.39 is 0 Å². The Bertz CT molecular complexity index is 1120. The van der Waals surface area contributed by atoms with Gasteiger partial charge in [-0.2, -0.15) is 5.10 Å². The number of halogens is 1. The molecule has 4 rings (SSSR count). The number of nitrogens with one attached hydrogen (secondary N) is 1. The zero-order valence-corrected chi connectivity index (χ0v) is 15.1. The van der Waals surface area contributed by atoms with Gasteiger partial charge in [-0.3, -0.25) is 4.79 Å². The highest BCUT2D eigenvalue weighted by Gasteiger charge is 2.10. The second-order valence-electron chi connectivity index (χ2n) is 6.20. The quantitative estimate of drug-likeness (QED) is 0.512. The van der Waals surface area contributed by atoms with Crippen LogP contribution in [0.3, 0.4) is 0 Å². The number of carbonyl (C=O) groups excluding carboxylic acids is 1. The lowest BCUT2D eigenvalue weighted by molar-refractivity contribution is 0.102. The summed E-state index contributed by atoms with van der Waals surface area (Å²) < 4.78 is 1.76. The van der Waals surface area contributed by atoms with Crippen molar-refractivity contribution in [2.45, 2.75) is 6.54 Å². The molecule has 0 aliphatic heterocycles. The first-order chi connectivity index (χ1) is 13.1. The number of nitrogen functional groups attached to an aromatic ring is 1. The molecule has 0 unspecified atom stereocenters. The number of rotatable bonds is 4. The Labute approximate surface area is 161 Å². The average molecular weight is 377 g/mol. The highest BCUT2D eigenvalue weighted by Crippen LogP contribution is 2.24. The van der Waals surface area contributed by atoms with Gasteiger partial charge in [-0.25, -0.2) is 4.68 Å². The summed E-state index contributed by atoms with van der Waals surface area (Å²) in [6.45, 7) is 0.529. The summed E-state index contributed by atoms with van der Waals surface area (Å²) in [6.07, 6.45) is 0. The maximum atomic E-state index is 12.4. The maximum Gasteiger partial charge on any atom is 0.255 e. The SMILES string of the molecule is Nc1ccccc1NC(=O)c1ccc(Cn2nc3ccccc3c2Cl)cc1. The van der Waals surface area contributed by atoms with Crippen LogP contribution in [0, 0.1) is 0 Å². The molecular weight excluding hydrogens is 360 g/mol. The highest BCUT2D eigenvalue weighted by atomic mass is 35.5. The van der Waals surface area contributed by atoms with E-state index >= 15 is 0 Å². The molecule has 6 heteroatoms. The Morgan fingerprint density at radius 2 is 1.70 bits per heavy atom. The number of hydrogen-bond donors (Lipinski definition) is 2. The summed E-state index contributed by atoms with van der Waals surface area (Å²) >= 11 is 6.42. The Morgan fingerprint density at radius 1 is 1.00 bits per heavy atom. The Kier molecular flexibility index (Phi) is 4.52. The first-order valence-corrected chi connectivity index (χ1v) is 8.85. The zero-order valence-electron chi connectivity index (χ0n) is 14.4. The van der Waals surface area contributed by atoms with Crippen molar-refractivity contribution < 1.29 is 4.79 Å². The molecule has 1 aromatic heterocycles. The van der Waals surface area contributed by atoms with Crippen LogP contribution in [0.1, 0.15) is 15.9 Å². The van der Waals surface area contributed by atoms with Gasteiger partial charge in [0.25, 0.3) is 5.91 Å². The van der Waals surface area contributed by atoms with Gasteiger partial charge in [-0.05, 0) is 42.0 Å². The molecule has 5 nitrogen and oxygen atoms in total. The van der Waals surface area contributed by atoms with Gasteiger partial charge in [-0.15, -0.1) is 0 Å². The van der Waals surface area contributed by atoms with E-state index in [1.807, 2.05) is 48.5 Å². The number of nitrogens with two attached hydrogens (primary N) is 1. The van der Waals surface area contributed by atoms with E-state index in [1.54, 1.807) is 28.9 Å². The second kappa shape index (κ2) is 7.13. The van der Waals surface area contributed by atoms with Crippen LogP contribution < -0.4 is 11.1 Å². The van der Waals surface area contributed by atoms with E-state index in [-0.39, 0.29) is 5.91 Å². The van der Waals surface area contributed by atoms with Crippen LogP contribution in [0.25, 0.3) is 10.9 Å². The molecule has 4 aromatic rings. The summed E-state index contributed by atoms with van der Waals surface area (Å²) in [4.78, 5) is 12.4. The van der Waals surface area contributed by atoms with E-state index in [2.05, 4.69) is 10.4 Å². The number of anilines is 2. The number of fused-ring (bicyclic) bond motifs is 1. The number of nitrogens with zero attached hydrogens (tertiary/aromatic N) is 2. The minimum Gasteiger partial charge on any atom is -0.397 e. The van der Waals surface area contributed by atoms with Crippen LogP contribution in [-0.4, -0.2) is 15.7 Å². The van der Waals surface area contributed by atoms with Crippen molar-refractivity contribution in [1.82, 2.24) is 9.78 Å². The summed E-state index contributed by atoms with van der Waals surface area (Å²) in [5, 5.41) is 8.87. The van der Waals surface area contributed by atoms with E-state index in [0.29, 0.717) is 28.6 Å². The molecule has 27 heavy (non-hydrogen) atoms. The van der Waals surface area contributed by atoms with Crippen molar-refractivity contribution in [2.24, 2.45) is 0 Å². The molecule has 1 amide bonds. The zero-order chi connectivity index (χ0) is 18.8. The predicted molar refractivity (Wildman–Crippen MR) is 109 cm³/mol. The molecule has 0 spiro atoms. The van der Waals surface area contributed by atoms with Crippen LogP contribution in [0.2, 0.25) is 5.15 Å². The molecule has 0 fully saturated rings. The molecule has 0 saturated carbocycles. The summed E-state index contributed by atoms with van der Waals surface area (Å²) in [5.41, 5.74) is 9.41. The van der Waals surface area contributed by atoms with Crippen molar-refractivity contribution in [3.63, 3.8) is 0 Å². The molecule has 134 valence electrons. The standard InChI is InChI=1S/C21H17ClN4O/c22-20-16-5-1-3-7-18(16)25-26(20)13-14-9-11-15(12-10-14)21(27)24-19-8-4-2-6-17(19)23/h1-12H,13,23H2,(H,24,27). The van der Waals surface area contributed by atoms with E-state index in [9.17, 15) is 4.79 Å². The third-order valence-corrected chi connectivity index (χ3v) is 4.74. The fourth-order valence-electron chi connectivity index (χ4n) is 2.89. The first-order valence-electron chi connectivity index (χ1n) is 8.47. The van der Waals surface area contributed by atoms with Crippen molar-refractivity contribution in [1.29, 1.82) is 0 Å². The van der Waals surface area contributed by atoms with Gasteiger partial charge in [0.05, 0.1) is 23.4 Å². The van der Waals surface area contributed by atoms with Gasteiger partial charge in [0.2, 0.25) is 0 Å². The summed E-state index contributed by atoms with van der Waals surface area (Å²) in [7, 11) is 0. The van der Waals surface area contributed by atoms with Crippen molar-refractivity contribution >= 4 is 39.8 Å². The fraction of sp³-hybridized carbons (Fsp3) is 0.0476. The van der Waals surface area contributed by atoms with Gasteiger partial charge in [0.15, 0.2) is 0 Å². The maximum absolute atomic E-state index is 12.4. The minimum atomic E-state index is -0.206. The molecule has 0 bridgehead atoms. The lowest BCUT2D eigenvalue weighted by Crippen LogP contribution is -2.13. The lowest BCUT2D eigenvalue weighted by atomic mass is 10.1. The molecular formula is C21H17ClN4O. The van der Waals surface area contributed by atoms with E-state index in [1.165, 1.54) is 0 Å². The lowest BCUT2D eigenvalue weighted by Gasteiger charge is -2.09. The molecule has 0 radical (unpaired) electrons. The van der Waals surface area contributed by atoms with Crippen LogP contribution in [0.15, 0.2) is 72.8 Å². The number of amides is 1. The molecule has 0 atom stereocenters. The normalized spacial score (nSPS) is 10.9. The van der Waals surface area contributed by atoms with Gasteiger partial charge in [0, 0.05) is 10.9 Å². The van der Waals surface area contributed by atoms with Gasteiger partial charge in [-0.1, -0.05) is 48.0 Å².